The molecule has 0 N–H and O–H groups in total. The monoisotopic (exact) mass is 353 g/mol. The predicted octanol–water partition coefficient (Wildman–Crippen LogP) is 2.82. The number of carbonyl (C=O) groups is 2. The van der Waals surface area contributed by atoms with E-state index in [9.17, 15) is 9.59 Å². The van der Waals surface area contributed by atoms with Gasteiger partial charge in [0, 0.05) is 19.1 Å². The highest BCUT2D eigenvalue weighted by Crippen LogP contribution is 2.42. The number of hydrogen-bond acceptors (Lipinski definition) is 5. The molecule has 0 amide bonds. The Morgan fingerprint density at radius 2 is 1.50 bits per heavy atom. The van der Waals surface area contributed by atoms with Crippen LogP contribution in [0.5, 0.6) is 0 Å². The summed E-state index contributed by atoms with van der Waals surface area (Å²) in [7, 11) is 2.71. The van der Waals surface area contributed by atoms with Gasteiger partial charge in [-0.3, -0.25) is 14.5 Å². The summed E-state index contributed by atoms with van der Waals surface area (Å²) in [4.78, 5) is 27.1. The van der Waals surface area contributed by atoms with Crippen molar-refractivity contribution in [2.75, 3.05) is 20.8 Å². The van der Waals surface area contributed by atoms with E-state index in [0.717, 1.165) is 11.1 Å². The number of ether oxygens (including phenoxy) is 2. The van der Waals surface area contributed by atoms with Gasteiger partial charge in [-0.05, 0) is 11.1 Å². The molecular weight excluding hydrogens is 330 g/mol. The zero-order valence-corrected chi connectivity index (χ0v) is 15.0. The molecule has 1 aliphatic heterocycles. The minimum atomic E-state index is -0.599. The van der Waals surface area contributed by atoms with Crippen molar-refractivity contribution < 1.29 is 19.1 Å². The van der Waals surface area contributed by atoms with E-state index in [1.807, 2.05) is 60.7 Å². The van der Waals surface area contributed by atoms with Gasteiger partial charge in [-0.2, -0.15) is 0 Å². The molecule has 1 fully saturated rings. The molecule has 2 aromatic rings. The summed E-state index contributed by atoms with van der Waals surface area (Å²) in [6, 6.07) is 19.6. The van der Waals surface area contributed by atoms with Crippen molar-refractivity contribution in [3.8, 4) is 0 Å². The number of methoxy groups -OCH3 is 2. The van der Waals surface area contributed by atoms with Gasteiger partial charge in [0.2, 0.25) is 0 Å². The molecule has 3 atom stereocenters. The number of rotatable bonds is 5. The molecule has 0 saturated carbocycles. The third-order valence-electron chi connectivity index (χ3n) is 4.95. The molecule has 0 unspecified atom stereocenters. The fourth-order valence-electron chi connectivity index (χ4n) is 3.78. The van der Waals surface area contributed by atoms with Gasteiger partial charge in [-0.25, -0.2) is 0 Å². The molecular formula is C21H23NO4. The zero-order chi connectivity index (χ0) is 18.5. The Kier molecular flexibility index (Phi) is 5.68. The standard InChI is InChI=1S/C21H23NO4/c1-25-20(23)17-14-22(13-15-9-5-3-6-10-15)19(18(17)21(24)26-2)16-11-7-4-8-12-16/h3-12,17-19H,13-14H2,1-2H3/t17-,18+,19+/m0/s1. The van der Waals surface area contributed by atoms with Crippen LogP contribution < -0.4 is 0 Å². The Bertz CT molecular complexity index is 747. The van der Waals surface area contributed by atoms with Crippen molar-refractivity contribution in [3.05, 3.63) is 71.8 Å². The maximum absolute atomic E-state index is 12.6. The number of nitrogens with zero attached hydrogens (tertiary/aromatic N) is 1. The highest BCUT2D eigenvalue weighted by Gasteiger charge is 2.50. The van der Waals surface area contributed by atoms with Crippen molar-refractivity contribution in [3.63, 3.8) is 0 Å². The van der Waals surface area contributed by atoms with Crippen LogP contribution in [0.4, 0.5) is 0 Å². The average molecular weight is 353 g/mol. The van der Waals surface area contributed by atoms with Gasteiger partial charge in [0.25, 0.3) is 0 Å². The molecule has 5 heteroatoms. The smallest absolute Gasteiger partial charge is 0.311 e. The first-order valence-corrected chi connectivity index (χ1v) is 8.64. The predicted molar refractivity (Wildman–Crippen MR) is 97.0 cm³/mol. The fourth-order valence-corrected chi connectivity index (χ4v) is 3.78. The number of benzene rings is 2. The topological polar surface area (TPSA) is 55.8 Å². The highest BCUT2D eigenvalue weighted by atomic mass is 16.5. The van der Waals surface area contributed by atoms with Gasteiger partial charge in [0.1, 0.15) is 0 Å². The Hall–Kier alpha value is -2.66. The Morgan fingerprint density at radius 1 is 0.923 bits per heavy atom. The van der Waals surface area contributed by atoms with E-state index in [-0.39, 0.29) is 18.0 Å². The minimum absolute atomic E-state index is 0.243. The maximum Gasteiger partial charge on any atom is 0.311 e. The van der Waals surface area contributed by atoms with E-state index in [1.54, 1.807) is 0 Å². The van der Waals surface area contributed by atoms with Crippen molar-refractivity contribution in [1.29, 1.82) is 0 Å². The lowest BCUT2D eigenvalue weighted by molar-refractivity contribution is -0.156. The van der Waals surface area contributed by atoms with Crippen LogP contribution in [0, 0.1) is 11.8 Å². The van der Waals surface area contributed by atoms with E-state index in [4.69, 9.17) is 9.47 Å². The summed E-state index contributed by atoms with van der Waals surface area (Å²) < 4.78 is 10.0. The number of carbonyl (C=O) groups excluding carboxylic acids is 2. The number of hydrogen-bond donors (Lipinski definition) is 0. The minimum Gasteiger partial charge on any atom is -0.469 e. The van der Waals surface area contributed by atoms with Gasteiger partial charge in [-0.1, -0.05) is 60.7 Å². The van der Waals surface area contributed by atoms with Crippen LogP contribution in [0.15, 0.2) is 60.7 Å². The van der Waals surface area contributed by atoms with Gasteiger partial charge in [-0.15, -0.1) is 0 Å². The molecule has 1 aliphatic rings. The largest absolute Gasteiger partial charge is 0.469 e. The van der Waals surface area contributed by atoms with Gasteiger partial charge >= 0.3 is 11.9 Å². The highest BCUT2D eigenvalue weighted by molar-refractivity contribution is 5.83. The molecule has 1 saturated heterocycles. The Labute approximate surface area is 153 Å². The fraction of sp³-hybridized carbons (Fsp3) is 0.333. The molecule has 0 spiro atoms. The van der Waals surface area contributed by atoms with Crippen LogP contribution in [-0.2, 0) is 25.6 Å². The summed E-state index contributed by atoms with van der Waals surface area (Å²) in [5.74, 6) is -1.92. The third kappa shape index (κ3) is 3.63. The van der Waals surface area contributed by atoms with Crippen LogP contribution in [0.25, 0.3) is 0 Å². The molecule has 3 rings (SSSR count). The van der Waals surface area contributed by atoms with Crippen LogP contribution in [0.1, 0.15) is 17.2 Å². The first-order chi connectivity index (χ1) is 12.7. The van der Waals surface area contributed by atoms with Crippen molar-refractivity contribution >= 4 is 11.9 Å². The zero-order valence-electron chi connectivity index (χ0n) is 15.0. The first kappa shape index (κ1) is 18.1. The lowest BCUT2D eigenvalue weighted by Crippen LogP contribution is -2.32. The van der Waals surface area contributed by atoms with E-state index >= 15 is 0 Å². The molecule has 0 bridgehead atoms. The SMILES string of the molecule is COC(=O)[C@@H]1[C@@H](C(=O)OC)CN(Cc2ccccc2)[C@@H]1c1ccccc1. The van der Waals surface area contributed by atoms with Crippen molar-refractivity contribution in [2.45, 2.75) is 12.6 Å². The lowest BCUT2D eigenvalue weighted by atomic mass is 9.87. The second-order valence-corrected chi connectivity index (χ2v) is 6.45. The van der Waals surface area contributed by atoms with Crippen LogP contribution in [0.2, 0.25) is 0 Å². The molecule has 0 radical (unpaired) electrons. The van der Waals surface area contributed by atoms with Crippen LogP contribution in [0.3, 0.4) is 0 Å². The van der Waals surface area contributed by atoms with E-state index in [0.29, 0.717) is 13.1 Å². The maximum atomic E-state index is 12.6. The molecule has 5 nitrogen and oxygen atoms in total. The second-order valence-electron chi connectivity index (χ2n) is 6.45. The molecule has 0 aliphatic carbocycles. The molecule has 1 heterocycles. The summed E-state index contributed by atoms with van der Waals surface area (Å²) in [5, 5.41) is 0. The number of esters is 2. The Morgan fingerprint density at radius 3 is 2.08 bits per heavy atom. The first-order valence-electron chi connectivity index (χ1n) is 8.64. The normalized spacial score (nSPS) is 22.8. The molecule has 0 aromatic heterocycles. The van der Waals surface area contributed by atoms with E-state index in [1.165, 1.54) is 14.2 Å². The summed E-state index contributed by atoms with van der Waals surface area (Å²) in [6.45, 7) is 1.09. The average Bonchev–Trinajstić information content (AvgIpc) is 3.07. The van der Waals surface area contributed by atoms with Crippen molar-refractivity contribution in [1.82, 2.24) is 4.90 Å². The summed E-state index contributed by atoms with van der Waals surface area (Å²) >= 11 is 0. The van der Waals surface area contributed by atoms with Crippen LogP contribution in [-0.4, -0.2) is 37.6 Å². The van der Waals surface area contributed by atoms with Gasteiger partial charge in [0.15, 0.2) is 0 Å². The summed E-state index contributed by atoms with van der Waals surface area (Å²) in [5.41, 5.74) is 2.12. The quantitative estimate of drug-likeness (QED) is 0.774. The van der Waals surface area contributed by atoms with Gasteiger partial charge in [0.05, 0.1) is 26.1 Å². The molecule has 26 heavy (non-hydrogen) atoms. The Balaban J connectivity index is 2.00. The molecule has 136 valence electrons. The number of likely N-dealkylation sites (tertiary alicyclic amines) is 1. The van der Waals surface area contributed by atoms with Gasteiger partial charge < -0.3 is 9.47 Å². The second kappa shape index (κ2) is 8.15. The third-order valence-corrected chi connectivity index (χ3v) is 4.95. The molecule has 2 aromatic carbocycles. The van der Waals surface area contributed by atoms with Crippen molar-refractivity contribution in [2.24, 2.45) is 11.8 Å². The van der Waals surface area contributed by atoms with Crippen LogP contribution >= 0.6 is 0 Å². The summed E-state index contributed by atoms with van der Waals surface area (Å²) in [6.07, 6.45) is 0. The van der Waals surface area contributed by atoms with E-state index in [2.05, 4.69) is 4.90 Å². The lowest BCUT2D eigenvalue weighted by Gasteiger charge is -2.27. The van der Waals surface area contributed by atoms with E-state index < -0.39 is 11.8 Å².